The van der Waals surface area contributed by atoms with E-state index in [1.807, 2.05) is 11.5 Å². The Morgan fingerprint density at radius 2 is 2.00 bits per heavy atom. The molecule has 3 N–H and O–H groups in total. The minimum absolute atomic E-state index is 0.0496. The molecule has 0 atom stereocenters. The summed E-state index contributed by atoms with van der Waals surface area (Å²) in [7, 11) is 0. The van der Waals surface area contributed by atoms with Gasteiger partial charge in [0.15, 0.2) is 11.0 Å². The van der Waals surface area contributed by atoms with Crippen LogP contribution >= 0.6 is 34.4 Å². The molecule has 0 aliphatic carbocycles. The highest BCUT2D eigenvalue weighted by Crippen LogP contribution is 2.34. The number of amides is 2. The zero-order valence-electron chi connectivity index (χ0n) is 19.5. The lowest BCUT2D eigenvalue weighted by Crippen LogP contribution is -2.17. The van der Waals surface area contributed by atoms with Crippen molar-refractivity contribution in [2.24, 2.45) is 5.73 Å². The molecule has 0 radical (unpaired) electrons. The van der Waals surface area contributed by atoms with Crippen molar-refractivity contribution in [2.75, 3.05) is 17.7 Å². The number of nitrogens with two attached hydrogens (primary N) is 1. The summed E-state index contributed by atoms with van der Waals surface area (Å²) in [6.07, 6.45) is 2.11. The van der Waals surface area contributed by atoms with E-state index in [9.17, 15) is 14.4 Å². The third-order valence-electron chi connectivity index (χ3n) is 4.88. The molecule has 0 aliphatic heterocycles. The third-order valence-corrected chi connectivity index (χ3v) is 8.06. The van der Waals surface area contributed by atoms with Crippen LogP contribution in [0.1, 0.15) is 57.7 Å². The molecule has 0 bridgehead atoms. The lowest BCUT2D eigenvalue weighted by Gasteiger charge is -2.08. The third kappa shape index (κ3) is 5.68. The van der Waals surface area contributed by atoms with Gasteiger partial charge in [0.2, 0.25) is 5.91 Å². The maximum atomic E-state index is 12.7. The monoisotopic (exact) mass is 521 g/mol. The van der Waals surface area contributed by atoms with Crippen molar-refractivity contribution in [1.82, 2.24) is 14.8 Å². The fraction of sp³-hybridized carbons (Fsp3) is 0.409. The van der Waals surface area contributed by atoms with Gasteiger partial charge in [-0.3, -0.25) is 9.59 Å². The highest BCUT2D eigenvalue weighted by Gasteiger charge is 2.26. The Morgan fingerprint density at radius 3 is 2.65 bits per heavy atom. The largest absolute Gasteiger partial charge is 0.462 e. The molecular weight excluding hydrogens is 494 g/mol. The summed E-state index contributed by atoms with van der Waals surface area (Å²) in [5.74, 6) is -0.801. The second-order valence-electron chi connectivity index (χ2n) is 7.28. The SMILES string of the molecule is CCCc1cc(-c2nnc(SCC(=O)Nc3sc(C(N)=O)c(C)c3C(=O)OCC)n2CC)cs1. The van der Waals surface area contributed by atoms with Gasteiger partial charge in [0, 0.05) is 22.4 Å². The molecule has 0 saturated carbocycles. The number of nitrogens with zero attached hydrogens (tertiary/aromatic N) is 3. The quantitative estimate of drug-likeness (QED) is 0.283. The van der Waals surface area contributed by atoms with E-state index in [4.69, 9.17) is 10.5 Å². The number of anilines is 1. The number of hydrogen-bond donors (Lipinski definition) is 2. The van der Waals surface area contributed by atoms with E-state index in [-0.39, 0.29) is 33.7 Å². The van der Waals surface area contributed by atoms with E-state index in [1.165, 1.54) is 16.6 Å². The number of nitrogens with one attached hydrogen (secondary N) is 1. The van der Waals surface area contributed by atoms with E-state index in [0.29, 0.717) is 17.3 Å². The number of aryl methyl sites for hydroxylation is 1. The molecule has 3 heterocycles. The average Bonchev–Trinajstić information content (AvgIpc) is 3.49. The summed E-state index contributed by atoms with van der Waals surface area (Å²) < 4.78 is 7.06. The Bertz CT molecular complexity index is 1200. The molecule has 9 nitrogen and oxygen atoms in total. The van der Waals surface area contributed by atoms with Crippen molar-refractivity contribution in [2.45, 2.75) is 52.2 Å². The predicted octanol–water partition coefficient (Wildman–Crippen LogP) is 4.36. The molecule has 182 valence electrons. The Kier molecular flexibility index (Phi) is 8.86. The molecule has 3 aromatic heterocycles. The molecule has 0 aliphatic rings. The van der Waals surface area contributed by atoms with Crippen LogP contribution in [0.5, 0.6) is 0 Å². The number of carbonyl (C=O) groups excluding carboxylic acids is 3. The van der Waals surface area contributed by atoms with Gasteiger partial charge in [-0.1, -0.05) is 25.1 Å². The Morgan fingerprint density at radius 1 is 1.24 bits per heavy atom. The molecule has 0 aromatic carbocycles. The molecule has 0 fully saturated rings. The molecule has 12 heteroatoms. The van der Waals surface area contributed by atoms with E-state index in [0.717, 1.165) is 35.6 Å². The molecule has 2 amide bonds. The van der Waals surface area contributed by atoms with Crippen LogP contribution in [-0.2, 0) is 22.5 Å². The number of primary amides is 1. The number of aromatic nitrogens is 3. The molecule has 0 unspecified atom stereocenters. The van der Waals surface area contributed by atoms with Crippen LogP contribution in [0.3, 0.4) is 0 Å². The van der Waals surface area contributed by atoms with Gasteiger partial charge < -0.3 is 20.4 Å². The zero-order chi connectivity index (χ0) is 24.8. The lowest BCUT2D eigenvalue weighted by molar-refractivity contribution is -0.113. The van der Waals surface area contributed by atoms with Gasteiger partial charge in [-0.15, -0.1) is 32.9 Å². The molecule has 0 spiro atoms. The van der Waals surface area contributed by atoms with Crippen LogP contribution in [0, 0.1) is 6.92 Å². The number of ether oxygens (including phenoxy) is 1. The fourth-order valence-corrected chi connectivity index (χ4v) is 6.18. The number of thiophene rings is 2. The summed E-state index contributed by atoms with van der Waals surface area (Å²) in [4.78, 5) is 38.4. The van der Waals surface area contributed by atoms with Crippen molar-refractivity contribution >= 4 is 57.2 Å². The van der Waals surface area contributed by atoms with Gasteiger partial charge in [-0.05, 0) is 38.8 Å². The smallest absolute Gasteiger partial charge is 0.341 e. The van der Waals surface area contributed by atoms with Crippen LogP contribution in [0.25, 0.3) is 11.4 Å². The number of carbonyl (C=O) groups is 3. The number of thioether (sulfide) groups is 1. The van der Waals surface area contributed by atoms with Gasteiger partial charge in [0.25, 0.3) is 5.91 Å². The standard InChI is InChI=1S/C22H27N5O4S3/c1-5-8-14-9-13(10-32-14)19-25-26-22(27(19)6-2)33-11-15(28)24-20-16(21(30)31-7-3)12(4)17(34-20)18(23)29/h9-10H,5-8,11H2,1-4H3,(H2,23,29)(H,24,28). The molecule has 3 aromatic rings. The average molecular weight is 522 g/mol. The van der Waals surface area contributed by atoms with E-state index < -0.39 is 11.9 Å². The molecule has 34 heavy (non-hydrogen) atoms. The number of esters is 1. The van der Waals surface area contributed by atoms with E-state index in [1.54, 1.807) is 25.2 Å². The maximum Gasteiger partial charge on any atom is 0.341 e. The van der Waals surface area contributed by atoms with E-state index in [2.05, 4.69) is 33.9 Å². The first-order valence-electron chi connectivity index (χ1n) is 10.8. The summed E-state index contributed by atoms with van der Waals surface area (Å²) in [5.41, 5.74) is 6.99. The zero-order valence-corrected chi connectivity index (χ0v) is 21.9. The van der Waals surface area contributed by atoms with E-state index >= 15 is 0 Å². The predicted molar refractivity (Wildman–Crippen MR) is 136 cm³/mol. The highest BCUT2D eigenvalue weighted by atomic mass is 32.2. The van der Waals surface area contributed by atoms with Crippen LogP contribution < -0.4 is 11.1 Å². The lowest BCUT2D eigenvalue weighted by atomic mass is 10.1. The van der Waals surface area contributed by atoms with Crippen molar-refractivity contribution in [3.05, 3.63) is 32.3 Å². The first kappa shape index (κ1) is 25.9. The molecular formula is C22H27N5O4S3. The summed E-state index contributed by atoms with van der Waals surface area (Å²) in [5, 5.41) is 14.3. The van der Waals surface area contributed by atoms with Gasteiger partial charge in [0.05, 0.1) is 22.8 Å². The van der Waals surface area contributed by atoms with Gasteiger partial charge in [-0.2, -0.15) is 0 Å². The normalized spacial score (nSPS) is 10.9. The Balaban J connectivity index is 1.74. The number of rotatable bonds is 11. The van der Waals surface area contributed by atoms with Crippen LogP contribution in [-0.4, -0.2) is 44.9 Å². The number of hydrogen-bond acceptors (Lipinski definition) is 9. The highest BCUT2D eigenvalue weighted by molar-refractivity contribution is 7.99. The maximum absolute atomic E-state index is 12.7. The van der Waals surface area contributed by atoms with Gasteiger partial charge in [-0.25, -0.2) is 4.79 Å². The molecule has 0 saturated heterocycles. The second-order valence-corrected chi connectivity index (χ2v) is 10.2. The van der Waals surface area contributed by atoms with Crippen molar-refractivity contribution in [1.29, 1.82) is 0 Å². The van der Waals surface area contributed by atoms with Crippen molar-refractivity contribution in [3.8, 4) is 11.4 Å². The minimum Gasteiger partial charge on any atom is -0.462 e. The Hall–Kier alpha value is -2.70. The second kappa shape index (κ2) is 11.6. The first-order valence-corrected chi connectivity index (χ1v) is 13.5. The summed E-state index contributed by atoms with van der Waals surface area (Å²) in [6, 6.07) is 2.14. The van der Waals surface area contributed by atoms with Gasteiger partial charge in [0.1, 0.15) is 5.00 Å². The molecule has 3 rings (SSSR count). The van der Waals surface area contributed by atoms with Crippen molar-refractivity contribution in [3.63, 3.8) is 0 Å². The van der Waals surface area contributed by atoms with Gasteiger partial charge >= 0.3 is 5.97 Å². The summed E-state index contributed by atoms with van der Waals surface area (Å²) >= 11 is 3.92. The fourth-order valence-electron chi connectivity index (χ4n) is 3.35. The van der Waals surface area contributed by atoms with Crippen molar-refractivity contribution < 1.29 is 19.1 Å². The Labute approximate surface area is 210 Å². The summed E-state index contributed by atoms with van der Waals surface area (Å²) in [6.45, 7) is 8.27. The minimum atomic E-state index is -0.665. The van der Waals surface area contributed by atoms with Crippen LogP contribution in [0.15, 0.2) is 16.6 Å². The first-order chi connectivity index (χ1) is 16.3. The van der Waals surface area contributed by atoms with Crippen LogP contribution in [0.4, 0.5) is 5.00 Å². The topological polar surface area (TPSA) is 129 Å². The van der Waals surface area contributed by atoms with Crippen LogP contribution in [0.2, 0.25) is 0 Å².